The molecule has 2 heteroatoms. The molecule has 0 aliphatic rings. The second-order valence-electron chi connectivity index (χ2n) is 4.20. The maximum absolute atomic E-state index is 11.0. The Kier molecular flexibility index (Phi) is 7.77. The molecule has 1 unspecified atom stereocenters. The van der Waals surface area contributed by atoms with Crippen molar-refractivity contribution in [3.05, 3.63) is 0 Å². The first-order valence-corrected chi connectivity index (χ1v) is 5.82. The van der Waals surface area contributed by atoms with Crippen LogP contribution in [0.5, 0.6) is 0 Å². The van der Waals surface area contributed by atoms with Crippen LogP contribution in [0, 0.1) is 5.41 Å². The molecule has 0 aromatic rings. The molecule has 0 spiro atoms. The molecule has 0 heterocycles. The number of carbonyl (C=O) groups excluding carboxylic acids is 1. The van der Waals surface area contributed by atoms with Crippen molar-refractivity contribution in [3.8, 4) is 0 Å². The zero-order valence-electron chi connectivity index (χ0n) is 9.59. The van der Waals surface area contributed by atoms with Gasteiger partial charge in [-0.1, -0.05) is 46.0 Å². The number of hydrogen-bond donors (Lipinski definition) is 1. The summed E-state index contributed by atoms with van der Waals surface area (Å²) >= 11 is 0. The van der Waals surface area contributed by atoms with E-state index in [1.165, 1.54) is 19.3 Å². The lowest BCUT2D eigenvalue weighted by molar-refractivity contribution is -0.119. The minimum absolute atomic E-state index is 0.0104. The van der Waals surface area contributed by atoms with Crippen LogP contribution in [-0.4, -0.2) is 18.0 Å². The zero-order valence-corrected chi connectivity index (χ0v) is 9.59. The summed E-state index contributed by atoms with van der Waals surface area (Å²) in [5.74, 6) is 0. The van der Waals surface area contributed by atoms with Crippen LogP contribution in [0.3, 0.4) is 0 Å². The molecule has 1 atom stereocenters. The van der Waals surface area contributed by atoms with Crippen molar-refractivity contribution < 1.29 is 9.90 Å². The Balaban J connectivity index is 3.88. The lowest BCUT2D eigenvalue weighted by Crippen LogP contribution is -2.27. The average molecular weight is 200 g/mol. The fourth-order valence-electron chi connectivity index (χ4n) is 1.84. The van der Waals surface area contributed by atoms with Gasteiger partial charge in [-0.25, -0.2) is 0 Å². The van der Waals surface area contributed by atoms with Crippen LogP contribution in [0.4, 0.5) is 0 Å². The van der Waals surface area contributed by atoms with Gasteiger partial charge in [0.1, 0.15) is 6.29 Å². The summed E-state index contributed by atoms with van der Waals surface area (Å²) in [6.45, 7) is 4.24. The summed E-state index contributed by atoms with van der Waals surface area (Å²) in [5.41, 5.74) is -0.442. The first kappa shape index (κ1) is 13.6. The van der Waals surface area contributed by atoms with E-state index in [9.17, 15) is 9.90 Å². The predicted octanol–water partition coefficient (Wildman–Crippen LogP) is 2.93. The summed E-state index contributed by atoms with van der Waals surface area (Å²) in [6.07, 6.45) is 8.27. The third kappa shape index (κ3) is 4.75. The van der Waals surface area contributed by atoms with Gasteiger partial charge in [-0.3, -0.25) is 0 Å². The van der Waals surface area contributed by atoms with Crippen LogP contribution in [0.2, 0.25) is 0 Å². The number of aliphatic hydroxyl groups is 1. The molecule has 0 rings (SSSR count). The highest BCUT2D eigenvalue weighted by atomic mass is 16.3. The summed E-state index contributed by atoms with van der Waals surface area (Å²) < 4.78 is 0. The van der Waals surface area contributed by atoms with E-state index in [1.54, 1.807) is 0 Å². The van der Waals surface area contributed by atoms with Gasteiger partial charge in [0, 0.05) is 5.41 Å². The van der Waals surface area contributed by atoms with Crippen molar-refractivity contribution in [1.82, 2.24) is 0 Å². The van der Waals surface area contributed by atoms with Crippen LogP contribution < -0.4 is 0 Å². The van der Waals surface area contributed by atoms with Gasteiger partial charge in [0.05, 0.1) is 6.61 Å². The van der Waals surface area contributed by atoms with Crippen molar-refractivity contribution in [1.29, 1.82) is 0 Å². The largest absolute Gasteiger partial charge is 0.395 e. The standard InChI is InChI=1S/C12H24O2/c1-3-5-6-7-9-12(10-13,11-14)8-4-2/h10,14H,3-9,11H2,1-2H3. The first-order chi connectivity index (χ1) is 6.74. The summed E-state index contributed by atoms with van der Waals surface area (Å²) in [6, 6.07) is 0. The third-order valence-corrected chi connectivity index (χ3v) is 2.84. The molecule has 0 fully saturated rings. The van der Waals surface area contributed by atoms with Crippen LogP contribution in [0.1, 0.15) is 58.8 Å². The molecule has 0 aromatic heterocycles. The molecule has 2 nitrogen and oxygen atoms in total. The Morgan fingerprint density at radius 2 is 1.79 bits per heavy atom. The van der Waals surface area contributed by atoms with Gasteiger partial charge in [0.25, 0.3) is 0 Å². The molecule has 0 amide bonds. The SMILES string of the molecule is CCCCCCC(C=O)(CO)CCC. The minimum Gasteiger partial charge on any atom is -0.395 e. The van der Waals surface area contributed by atoms with Crippen molar-refractivity contribution in [2.24, 2.45) is 5.41 Å². The Morgan fingerprint density at radius 1 is 1.07 bits per heavy atom. The van der Waals surface area contributed by atoms with Crippen LogP contribution in [0.25, 0.3) is 0 Å². The number of aliphatic hydroxyl groups excluding tert-OH is 1. The van der Waals surface area contributed by atoms with E-state index in [-0.39, 0.29) is 6.61 Å². The zero-order chi connectivity index (χ0) is 10.9. The quantitative estimate of drug-likeness (QED) is 0.459. The highest BCUT2D eigenvalue weighted by Gasteiger charge is 2.26. The Labute approximate surface area is 87.7 Å². The normalized spacial score (nSPS) is 15.1. The maximum Gasteiger partial charge on any atom is 0.128 e. The van der Waals surface area contributed by atoms with Crippen LogP contribution >= 0.6 is 0 Å². The van der Waals surface area contributed by atoms with Crippen molar-refractivity contribution in [3.63, 3.8) is 0 Å². The third-order valence-electron chi connectivity index (χ3n) is 2.84. The van der Waals surface area contributed by atoms with Gasteiger partial charge < -0.3 is 9.90 Å². The Hall–Kier alpha value is -0.370. The Morgan fingerprint density at radius 3 is 2.21 bits per heavy atom. The highest BCUT2D eigenvalue weighted by molar-refractivity contribution is 5.59. The molecule has 0 aliphatic carbocycles. The topological polar surface area (TPSA) is 37.3 Å². The molecular weight excluding hydrogens is 176 g/mol. The molecule has 1 N–H and O–H groups in total. The van der Waals surface area contributed by atoms with Gasteiger partial charge in [0.15, 0.2) is 0 Å². The molecule has 0 saturated heterocycles. The van der Waals surface area contributed by atoms with Crippen LogP contribution in [0.15, 0.2) is 0 Å². The van der Waals surface area contributed by atoms with Gasteiger partial charge in [-0.2, -0.15) is 0 Å². The van der Waals surface area contributed by atoms with E-state index in [2.05, 4.69) is 13.8 Å². The predicted molar refractivity (Wildman–Crippen MR) is 59.2 cm³/mol. The fraction of sp³-hybridized carbons (Fsp3) is 0.917. The van der Waals surface area contributed by atoms with Gasteiger partial charge in [0.2, 0.25) is 0 Å². The van der Waals surface area contributed by atoms with Gasteiger partial charge in [-0.05, 0) is 12.8 Å². The fourth-order valence-corrected chi connectivity index (χ4v) is 1.84. The molecule has 0 radical (unpaired) electrons. The number of hydrogen-bond acceptors (Lipinski definition) is 2. The summed E-state index contributed by atoms with van der Waals surface area (Å²) in [7, 11) is 0. The smallest absolute Gasteiger partial charge is 0.128 e. The molecule has 0 aliphatic heterocycles. The summed E-state index contributed by atoms with van der Waals surface area (Å²) in [4.78, 5) is 11.0. The van der Waals surface area contributed by atoms with Crippen molar-refractivity contribution in [2.45, 2.75) is 58.8 Å². The van der Waals surface area contributed by atoms with Crippen molar-refractivity contribution >= 4 is 6.29 Å². The lowest BCUT2D eigenvalue weighted by atomic mass is 9.81. The van der Waals surface area contributed by atoms with Crippen molar-refractivity contribution in [2.75, 3.05) is 6.61 Å². The number of aldehydes is 1. The summed E-state index contributed by atoms with van der Waals surface area (Å²) in [5, 5.41) is 9.23. The Bertz CT molecular complexity index is 145. The van der Waals surface area contributed by atoms with E-state index in [0.717, 1.165) is 32.0 Å². The average Bonchev–Trinajstić information content (AvgIpc) is 2.23. The molecular formula is C12H24O2. The lowest BCUT2D eigenvalue weighted by Gasteiger charge is -2.24. The van der Waals surface area contributed by atoms with E-state index in [4.69, 9.17) is 0 Å². The maximum atomic E-state index is 11.0. The molecule has 0 saturated carbocycles. The molecule has 0 aromatic carbocycles. The second-order valence-corrected chi connectivity index (χ2v) is 4.20. The number of carbonyl (C=O) groups is 1. The van der Waals surface area contributed by atoms with E-state index < -0.39 is 5.41 Å². The van der Waals surface area contributed by atoms with E-state index in [0.29, 0.717) is 0 Å². The minimum atomic E-state index is -0.442. The van der Waals surface area contributed by atoms with E-state index >= 15 is 0 Å². The number of rotatable bonds is 9. The molecule has 14 heavy (non-hydrogen) atoms. The van der Waals surface area contributed by atoms with Gasteiger partial charge in [-0.15, -0.1) is 0 Å². The van der Waals surface area contributed by atoms with Crippen LogP contribution in [-0.2, 0) is 4.79 Å². The van der Waals surface area contributed by atoms with Gasteiger partial charge >= 0.3 is 0 Å². The molecule has 84 valence electrons. The second kappa shape index (κ2) is 7.98. The van der Waals surface area contributed by atoms with E-state index in [1.807, 2.05) is 0 Å². The number of unbranched alkanes of at least 4 members (excludes halogenated alkanes) is 3. The molecule has 0 bridgehead atoms. The monoisotopic (exact) mass is 200 g/mol. The first-order valence-electron chi connectivity index (χ1n) is 5.82. The highest BCUT2D eigenvalue weighted by Crippen LogP contribution is 2.27.